The number of hydrogen-bond donors (Lipinski definition) is 2. The Kier molecular flexibility index (Phi) is 5.79. The molecule has 2 aliphatic rings. The van der Waals surface area contributed by atoms with Gasteiger partial charge in [0, 0.05) is 17.3 Å². The molecule has 0 amide bonds. The van der Waals surface area contributed by atoms with Crippen LogP contribution in [0.4, 0.5) is 11.4 Å². The van der Waals surface area contributed by atoms with Crippen molar-refractivity contribution in [3.63, 3.8) is 0 Å². The molecule has 1 aliphatic carbocycles. The third-order valence-corrected chi connectivity index (χ3v) is 8.63. The number of allylic oxidation sites excluding steroid dienone is 2. The minimum Gasteiger partial charge on any atom is -0.378 e. The summed E-state index contributed by atoms with van der Waals surface area (Å²) in [6, 6.07) is 20.4. The Hall–Kier alpha value is -3.05. The van der Waals surface area contributed by atoms with Crippen molar-refractivity contribution in [2.75, 3.05) is 10.0 Å². The van der Waals surface area contributed by atoms with E-state index in [-0.39, 0.29) is 17.4 Å². The maximum Gasteiger partial charge on any atom is 0.261 e. The van der Waals surface area contributed by atoms with Crippen LogP contribution in [0, 0.1) is 19.8 Å². The van der Waals surface area contributed by atoms with Crippen LogP contribution in [0.1, 0.15) is 67.0 Å². The van der Waals surface area contributed by atoms with Crippen molar-refractivity contribution in [3.8, 4) is 0 Å². The molecule has 4 nitrogen and oxygen atoms in total. The quantitative estimate of drug-likeness (QED) is 0.383. The van der Waals surface area contributed by atoms with E-state index in [0.29, 0.717) is 16.5 Å². The van der Waals surface area contributed by atoms with Crippen LogP contribution < -0.4 is 10.0 Å². The lowest BCUT2D eigenvalue weighted by molar-refractivity contribution is 0.425. The lowest BCUT2D eigenvalue weighted by Gasteiger charge is -2.38. The van der Waals surface area contributed by atoms with Crippen molar-refractivity contribution in [3.05, 3.63) is 101 Å². The number of anilines is 2. The van der Waals surface area contributed by atoms with E-state index >= 15 is 0 Å². The highest BCUT2D eigenvalue weighted by molar-refractivity contribution is 7.92. The lowest BCUT2D eigenvalue weighted by atomic mass is 9.76. The van der Waals surface area contributed by atoms with E-state index in [1.54, 1.807) is 6.07 Å². The molecule has 0 radical (unpaired) electrons. The van der Waals surface area contributed by atoms with Gasteiger partial charge in [0.15, 0.2) is 0 Å². The molecular weight excluding hydrogens is 452 g/mol. The van der Waals surface area contributed by atoms with Gasteiger partial charge in [0.2, 0.25) is 0 Å². The summed E-state index contributed by atoms with van der Waals surface area (Å²) in [6.45, 7) is 10.6. The van der Waals surface area contributed by atoms with Gasteiger partial charge in [0.25, 0.3) is 10.0 Å². The van der Waals surface area contributed by atoms with Gasteiger partial charge in [0.05, 0.1) is 10.9 Å². The molecular formula is C30H34N2O2S. The molecule has 1 heterocycles. The van der Waals surface area contributed by atoms with Crippen LogP contribution in [0.15, 0.2) is 77.7 Å². The second-order valence-corrected chi connectivity index (χ2v) is 12.8. The molecule has 5 heteroatoms. The largest absolute Gasteiger partial charge is 0.378 e. The van der Waals surface area contributed by atoms with Crippen LogP contribution in [0.25, 0.3) is 0 Å². The zero-order valence-electron chi connectivity index (χ0n) is 21.1. The van der Waals surface area contributed by atoms with E-state index in [0.717, 1.165) is 28.8 Å². The third kappa shape index (κ3) is 4.62. The summed E-state index contributed by atoms with van der Waals surface area (Å²) in [6.07, 6.45) is 5.45. The third-order valence-electron chi connectivity index (χ3n) is 7.25. The molecule has 0 fully saturated rings. The minimum atomic E-state index is -3.70. The van der Waals surface area contributed by atoms with Crippen molar-refractivity contribution in [1.82, 2.24) is 0 Å². The van der Waals surface area contributed by atoms with Crippen LogP contribution >= 0.6 is 0 Å². The summed E-state index contributed by atoms with van der Waals surface area (Å²) < 4.78 is 29.3. The molecule has 0 unspecified atom stereocenters. The molecule has 5 rings (SSSR count). The standard InChI is InChI=1S/C30H34N2O2S/c1-19-15-20(2)17-23(16-19)32-35(33,34)24-13-14-28-27(18-24)25-7-6-8-26(25)29(31-28)21-9-11-22(12-10-21)30(3,4)5/h6-7,9-18,25-26,29,31-32H,8H2,1-5H3/t25-,26+,29+/m0/s1. The van der Waals surface area contributed by atoms with E-state index in [2.05, 4.69) is 67.2 Å². The Balaban J connectivity index is 1.46. The number of hydrogen-bond acceptors (Lipinski definition) is 3. The summed E-state index contributed by atoms with van der Waals surface area (Å²) in [4.78, 5) is 0.296. The van der Waals surface area contributed by atoms with Gasteiger partial charge < -0.3 is 5.32 Å². The second-order valence-electron chi connectivity index (χ2n) is 11.1. The maximum absolute atomic E-state index is 13.3. The number of nitrogens with one attached hydrogen (secondary N) is 2. The molecule has 3 aromatic rings. The molecule has 0 saturated heterocycles. The van der Waals surface area contributed by atoms with Crippen LogP contribution in [0.2, 0.25) is 0 Å². The van der Waals surface area contributed by atoms with Gasteiger partial charge in [-0.1, -0.05) is 63.3 Å². The molecule has 3 aromatic carbocycles. The first-order valence-corrected chi connectivity index (χ1v) is 13.8. The van der Waals surface area contributed by atoms with Crippen molar-refractivity contribution < 1.29 is 8.42 Å². The number of aryl methyl sites for hydroxylation is 2. The summed E-state index contributed by atoms with van der Waals surface area (Å²) in [5, 5.41) is 3.73. The Bertz CT molecular complexity index is 1380. The normalized spacial score (nSPS) is 21.2. The van der Waals surface area contributed by atoms with E-state index in [9.17, 15) is 8.42 Å². The first-order valence-electron chi connectivity index (χ1n) is 12.3. The predicted octanol–water partition coefficient (Wildman–Crippen LogP) is 7.23. The molecule has 3 atom stereocenters. The predicted molar refractivity (Wildman–Crippen MR) is 145 cm³/mol. The van der Waals surface area contributed by atoms with E-state index in [4.69, 9.17) is 0 Å². The fourth-order valence-electron chi connectivity index (χ4n) is 5.51. The van der Waals surface area contributed by atoms with Gasteiger partial charge in [-0.25, -0.2) is 8.42 Å². The van der Waals surface area contributed by atoms with Crippen LogP contribution in [0.5, 0.6) is 0 Å². The van der Waals surface area contributed by atoms with Crippen molar-refractivity contribution in [1.29, 1.82) is 0 Å². The van der Waals surface area contributed by atoms with Crippen molar-refractivity contribution >= 4 is 21.4 Å². The molecule has 0 bridgehead atoms. The Morgan fingerprint density at radius 2 is 1.60 bits per heavy atom. The molecule has 182 valence electrons. The monoisotopic (exact) mass is 486 g/mol. The number of benzene rings is 3. The minimum absolute atomic E-state index is 0.121. The summed E-state index contributed by atoms with van der Waals surface area (Å²) in [5.41, 5.74) is 7.42. The zero-order chi connectivity index (χ0) is 25.0. The molecule has 1 aliphatic heterocycles. The van der Waals surface area contributed by atoms with Gasteiger partial charge in [-0.05, 0) is 89.8 Å². The van der Waals surface area contributed by atoms with Crippen molar-refractivity contribution in [2.24, 2.45) is 5.92 Å². The maximum atomic E-state index is 13.3. The Morgan fingerprint density at radius 3 is 2.26 bits per heavy atom. The zero-order valence-corrected chi connectivity index (χ0v) is 21.9. The highest BCUT2D eigenvalue weighted by Gasteiger charge is 2.38. The SMILES string of the molecule is Cc1cc(C)cc(NS(=O)(=O)c2ccc3c(c2)[C@H]2C=CC[C@H]2[C@@H](c2ccc(C(C)(C)C)cc2)N3)c1. The van der Waals surface area contributed by atoms with Gasteiger partial charge in [-0.2, -0.15) is 0 Å². The van der Waals surface area contributed by atoms with E-state index in [1.165, 1.54) is 11.1 Å². The van der Waals surface area contributed by atoms with E-state index in [1.807, 2.05) is 44.2 Å². The fourth-order valence-corrected chi connectivity index (χ4v) is 6.58. The smallest absolute Gasteiger partial charge is 0.261 e. The van der Waals surface area contributed by atoms with Gasteiger partial charge in [0.1, 0.15) is 0 Å². The van der Waals surface area contributed by atoms with Crippen LogP contribution in [-0.4, -0.2) is 8.42 Å². The van der Waals surface area contributed by atoms with Crippen LogP contribution in [0.3, 0.4) is 0 Å². The molecule has 0 spiro atoms. The lowest BCUT2D eigenvalue weighted by Crippen LogP contribution is -2.29. The molecule has 0 aromatic heterocycles. The highest BCUT2D eigenvalue weighted by atomic mass is 32.2. The topological polar surface area (TPSA) is 58.2 Å². The fraction of sp³-hybridized carbons (Fsp3) is 0.333. The van der Waals surface area contributed by atoms with Crippen LogP contribution in [-0.2, 0) is 15.4 Å². The van der Waals surface area contributed by atoms with Crippen molar-refractivity contribution in [2.45, 2.75) is 63.3 Å². The van der Waals surface area contributed by atoms with Gasteiger partial charge in [-0.15, -0.1) is 0 Å². The highest BCUT2D eigenvalue weighted by Crippen LogP contribution is 2.50. The first kappa shape index (κ1) is 23.7. The Morgan fingerprint density at radius 1 is 0.914 bits per heavy atom. The number of rotatable bonds is 4. The average molecular weight is 487 g/mol. The number of fused-ring (bicyclic) bond motifs is 3. The molecule has 35 heavy (non-hydrogen) atoms. The first-order chi connectivity index (χ1) is 16.5. The van der Waals surface area contributed by atoms with Gasteiger partial charge in [-0.3, -0.25) is 4.72 Å². The van der Waals surface area contributed by atoms with Gasteiger partial charge >= 0.3 is 0 Å². The molecule has 0 saturated carbocycles. The number of sulfonamides is 1. The molecule has 2 N–H and O–H groups in total. The Labute approximate surface area is 209 Å². The second kappa shape index (κ2) is 8.56. The summed E-state index contributed by atoms with van der Waals surface area (Å²) in [7, 11) is -3.70. The summed E-state index contributed by atoms with van der Waals surface area (Å²) in [5.74, 6) is 0.545. The summed E-state index contributed by atoms with van der Waals surface area (Å²) >= 11 is 0. The van der Waals surface area contributed by atoms with E-state index < -0.39 is 10.0 Å². The average Bonchev–Trinajstić information content (AvgIpc) is 3.27.